The highest BCUT2D eigenvalue weighted by atomic mass is 16.4. The van der Waals surface area contributed by atoms with Crippen molar-refractivity contribution in [3.63, 3.8) is 0 Å². The summed E-state index contributed by atoms with van der Waals surface area (Å²) in [6.07, 6.45) is 5.06. The van der Waals surface area contributed by atoms with E-state index in [0.717, 1.165) is 31.2 Å². The summed E-state index contributed by atoms with van der Waals surface area (Å²) < 4.78 is 0. The largest absolute Gasteiger partial charge is 0.481 e. The number of carboxylic acids is 1. The molecule has 0 saturated heterocycles. The fraction of sp³-hybridized carbons (Fsp3) is 0.500. The molecule has 3 heteroatoms. The standard InChI is InChI=1S/C16H20O3/c17-14(9-10-15(18)19)16(11-5-2-6-12-16)13-7-3-1-4-8-13/h1,3-4,7-8H,2,5-6,9-12H2,(H,18,19). The second-order valence-electron chi connectivity index (χ2n) is 5.33. The number of rotatable bonds is 5. The SMILES string of the molecule is O=C(O)CCC(=O)C1(c2ccccc2)CCCCC1. The maximum absolute atomic E-state index is 12.6. The number of benzene rings is 1. The number of carbonyl (C=O) groups is 2. The van der Waals surface area contributed by atoms with Gasteiger partial charge in [0.05, 0.1) is 11.8 Å². The lowest BCUT2D eigenvalue weighted by Crippen LogP contribution is -2.38. The van der Waals surface area contributed by atoms with Crippen LogP contribution in [0.2, 0.25) is 0 Å². The number of ketones is 1. The van der Waals surface area contributed by atoms with Crippen LogP contribution in [0.15, 0.2) is 30.3 Å². The molecule has 0 heterocycles. The first-order chi connectivity index (χ1) is 9.15. The van der Waals surface area contributed by atoms with Crippen LogP contribution in [0.4, 0.5) is 0 Å². The molecule has 0 aliphatic heterocycles. The van der Waals surface area contributed by atoms with Gasteiger partial charge >= 0.3 is 5.97 Å². The topological polar surface area (TPSA) is 54.4 Å². The zero-order chi connectivity index (χ0) is 13.7. The minimum absolute atomic E-state index is 0.0621. The molecule has 0 unspecified atom stereocenters. The molecule has 1 saturated carbocycles. The smallest absolute Gasteiger partial charge is 0.303 e. The Morgan fingerprint density at radius 1 is 1.00 bits per heavy atom. The minimum Gasteiger partial charge on any atom is -0.481 e. The van der Waals surface area contributed by atoms with Crippen LogP contribution in [0.5, 0.6) is 0 Å². The van der Waals surface area contributed by atoms with Gasteiger partial charge in [-0.2, -0.15) is 0 Å². The third kappa shape index (κ3) is 3.03. The number of carbonyl (C=O) groups excluding carboxylic acids is 1. The van der Waals surface area contributed by atoms with Gasteiger partial charge < -0.3 is 5.11 Å². The van der Waals surface area contributed by atoms with Gasteiger partial charge in [-0.05, 0) is 18.4 Å². The zero-order valence-electron chi connectivity index (χ0n) is 11.1. The molecular weight excluding hydrogens is 240 g/mol. The fourth-order valence-corrected chi connectivity index (χ4v) is 3.10. The summed E-state index contributed by atoms with van der Waals surface area (Å²) >= 11 is 0. The molecule has 3 nitrogen and oxygen atoms in total. The molecule has 102 valence electrons. The predicted molar refractivity (Wildman–Crippen MR) is 73.1 cm³/mol. The lowest BCUT2D eigenvalue weighted by atomic mass is 9.66. The average Bonchev–Trinajstić information content (AvgIpc) is 2.46. The van der Waals surface area contributed by atoms with E-state index < -0.39 is 11.4 Å². The lowest BCUT2D eigenvalue weighted by Gasteiger charge is -2.36. The quantitative estimate of drug-likeness (QED) is 0.883. The van der Waals surface area contributed by atoms with Crippen LogP contribution in [-0.4, -0.2) is 16.9 Å². The molecule has 19 heavy (non-hydrogen) atoms. The van der Waals surface area contributed by atoms with Crippen LogP contribution in [0, 0.1) is 0 Å². The number of carboxylic acid groups (broad SMARTS) is 1. The number of aliphatic carboxylic acids is 1. The molecule has 1 aliphatic carbocycles. The van der Waals surface area contributed by atoms with E-state index in [1.54, 1.807) is 0 Å². The van der Waals surface area contributed by atoms with Gasteiger partial charge in [-0.15, -0.1) is 0 Å². The molecule has 0 radical (unpaired) electrons. The van der Waals surface area contributed by atoms with Crippen molar-refractivity contribution in [1.82, 2.24) is 0 Å². The van der Waals surface area contributed by atoms with E-state index in [9.17, 15) is 9.59 Å². The molecule has 1 N–H and O–H groups in total. The molecular formula is C16H20O3. The van der Waals surface area contributed by atoms with Crippen molar-refractivity contribution in [3.8, 4) is 0 Å². The van der Waals surface area contributed by atoms with Crippen molar-refractivity contribution in [2.45, 2.75) is 50.4 Å². The van der Waals surface area contributed by atoms with Gasteiger partial charge in [0.2, 0.25) is 0 Å². The highest BCUT2D eigenvalue weighted by Crippen LogP contribution is 2.41. The van der Waals surface area contributed by atoms with Gasteiger partial charge in [-0.3, -0.25) is 9.59 Å². The summed E-state index contributed by atoms with van der Waals surface area (Å²) in [4.78, 5) is 23.2. The third-order valence-corrected chi connectivity index (χ3v) is 4.13. The predicted octanol–water partition coefficient (Wildman–Crippen LogP) is 3.32. The van der Waals surface area contributed by atoms with Crippen LogP contribution in [0.1, 0.15) is 50.5 Å². The third-order valence-electron chi connectivity index (χ3n) is 4.13. The molecule has 2 rings (SSSR count). The first-order valence-corrected chi connectivity index (χ1v) is 6.96. The van der Waals surface area contributed by atoms with Crippen LogP contribution < -0.4 is 0 Å². The van der Waals surface area contributed by atoms with Crippen molar-refractivity contribution in [2.24, 2.45) is 0 Å². The summed E-state index contributed by atoms with van der Waals surface area (Å²) in [5.74, 6) is -0.798. The Morgan fingerprint density at radius 3 is 2.21 bits per heavy atom. The number of Topliss-reactive ketones (excluding diaryl/α,β-unsaturated/α-hetero) is 1. The second kappa shape index (κ2) is 6.00. The molecule has 0 aromatic heterocycles. The summed E-state index contributed by atoms with van der Waals surface area (Å²) in [7, 11) is 0. The van der Waals surface area contributed by atoms with E-state index in [-0.39, 0.29) is 18.6 Å². The highest BCUT2D eigenvalue weighted by Gasteiger charge is 2.40. The molecule has 0 atom stereocenters. The van der Waals surface area contributed by atoms with Crippen LogP contribution in [0.3, 0.4) is 0 Å². The van der Waals surface area contributed by atoms with E-state index >= 15 is 0 Å². The van der Waals surface area contributed by atoms with Gasteiger partial charge in [0.25, 0.3) is 0 Å². The normalized spacial score (nSPS) is 17.9. The zero-order valence-corrected chi connectivity index (χ0v) is 11.1. The van der Waals surface area contributed by atoms with Gasteiger partial charge in [-0.25, -0.2) is 0 Å². The lowest BCUT2D eigenvalue weighted by molar-refractivity contribution is -0.139. The Labute approximate surface area is 113 Å². The molecule has 0 spiro atoms. The Bertz CT molecular complexity index is 444. The summed E-state index contributed by atoms with van der Waals surface area (Å²) in [5, 5.41) is 8.76. The van der Waals surface area contributed by atoms with Crippen LogP contribution in [0.25, 0.3) is 0 Å². The van der Waals surface area contributed by atoms with Gasteiger partial charge in [-0.1, -0.05) is 49.6 Å². The molecule has 1 aliphatic rings. The van der Waals surface area contributed by atoms with E-state index in [1.165, 1.54) is 6.42 Å². The molecule has 1 fully saturated rings. The maximum atomic E-state index is 12.6. The van der Waals surface area contributed by atoms with Gasteiger partial charge in [0, 0.05) is 6.42 Å². The average molecular weight is 260 g/mol. The Hall–Kier alpha value is -1.64. The van der Waals surface area contributed by atoms with Crippen LogP contribution in [-0.2, 0) is 15.0 Å². The first kappa shape index (κ1) is 13.8. The van der Waals surface area contributed by atoms with Crippen molar-refractivity contribution >= 4 is 11.8 Å². The monoisotopic (exact) mass is 260 g/mol. The molecule has 0 bridgehead atoms. The first-order valence-electron chi connectivity index (χ1n) is 6.96. The van der Waals surface area contributed by atoms with Crippen molar-refractivity contribution in [1.29, 1.82) is 0 Å². The number of hydrogen-bond acceptors (Lipinski definition) is 2. The maximum Gasteiger partial charge on any atom is 0.303 e. The van der Waals surface area contributed by atoms with Crippen molar-refractivity contribution < 1.29 is 14.7 Å². The van der Waals surface area contributed by atoms with Crippen LogP contribution >= 0.6 is 0 Å². The minimum atomic E-state index is -0.896. The van der Waals surface area contributed by atoms with Gasteiger partial charge in [0.15, 0.2) is 0 Å². The fourth-order valence-electron chi connectivity index (χ4n) is 3.10. The van der Waals surface area contributed by atoms with E-state index in [2.05, 4.69) is 0 Å². The highest BCUT2D eigenvalue weighted by molar-refractivity contribution is 5.92. The van der Waals surface area contributed by atoms with Crippen molar-refractivity contribution in [2.75, 3.05) is 0 Å². The van der Waals surface area contributed by atoms with E-state index in [4.69, 9.17) is 5.11 Å². The van der Waals surface area contributed by atoms with Gasteiger partial charge in [0.1, 0.15) is 5.78 Å². The summed E-state index contributed by atoms with van der Waals surface area (Å²) in [6.45, 7) is 0. The Kier molecular flexibility index (Phi) is 4.35. The van der Waals surface area contributed by atoms with E-state index in [0.29, 0.717) is 0 Å². The molecule has 0 amide bonds. The summed E-state index contributed by atoms with van der Waals surface area (Å²) in [6, 6.07) is 9.86. The Morgan fingerprint density at radius 2 is 1.63 bits per heavy atom. The molecule has 1 aromatic rings. The Balaban J connectivity index is 2.24. The number of hydrogen-bond donors (Lipinski definition) is 1. The second-order valence-corrected chi connectivity index (χ2v) is 5.33. The van der Waals surface area contributed by atoms with E-state index in [1.807, 2.05) is 30.3 Å². The summed E-state index contributed by atoms with van der Waals surface area (Å²) in [5.41, 5.74) is 0.625. The molecule has 1 aromatic carbocycles. The van der Waals surface area contributed by atoms with Crippen molar-refractivity contribution in [3.05, 3.63) is 35.9 Å².